The first-order chi connectivity index (χ1) is 12.6. The number of carbonyl (C=O) groups excluding carboxylic acids is 1. The Morgan fingerprint density at radius 2 is 2.04 bits per heavy atom. The molecule has 0 saturated carbocycles. The van der Waals surface area contributed by atoms with E-state index >= 15 is 0 Å². The first-order valence-corrected chi connectivity index (χ1v) is 9.16. The van der Waals surface area contributed by atoms with Gasteiger partial charge in [-0.15, -0.1) is 11.3 Å². The molecule has 0 radical (unpaired) electrons. The van der Waals surface area contributed by atoms with Gasteiger partial charge in [-0.25, -0.2) is 9.97 Å². The summed E-state index contributed by atoms with van der Waals surface area (Å²) in [7, 11) is 0. The molecule has 0 unspecified atom stereocenters. The molecule has 130 valence electrons. The quantitative estimate of drug-likeness (QED) is 0.585. The number of carbonyl (C=O) groups is 1. The maximum atomic E-state index is 12.7. The number of imidazole rings is 1. The minimum atomic E-state index is -0.118. The summed E-state index contributed by atoms with van der Waals surface area (Å²) < 4.78 is 3.08. The Balaban J connectivity index is 1.59. The van der Waals surface area contributed by atoms with Crippen LogP contribution in [0.4, 0.5) is 5.69 Å². The molecular weight excluding hydrogens is 344 g/mol. The van der Waals surface area contributed by atoms with Crippen molar-refractivity contribution in [3.8, 4) is 0 Å². The van der Waals surface area contributed by atoms with Crippen molar-refractivity contribution in [1.29, 1.82) is 0 Å². The molecule has 6 heteroatoms. The third kappa shape index (κ3) is 3.23. The van der Waals surface area contributed by atoms with Crippen molar-refractivity contribution in [2.75, 3.05) is 5.32 Å². The topological polar surface area (TPSA) is 59.8 Å². The molecule has 0 aliphatic rings. The van der Waals surface area contributed by atoms with Gasteiger partial charge in [0.25, 0.3) is 5.91 Å². The van der Waals surface area contributed by atoms with Gasteiger partial charge in [0, 0.05) is 23.6 Å². The van der Waals surface area contributed by atoms with Crippen LogP contribution < -0.4 is 5.32 Å². The van der Waals surface area contributed by atoms with Gasteiger partial charge in [-0.2, -0.15) is 0 Å². The Kier molecular flexibility index (Phi) is 4.26. The van der Waals surface area contributed by atoms with Crippen molar-refractivity contribution < 1.29 is 4.79 Å². The fraction of sp³-hybridized carbons (Fsp3) is 0.150. The SMILES string of the molecule is Cc1nc2ccc(C(=O)Nc3ccccc3Cn3ccnc3C)cc2s1. The summed E-state index contributed by atoms with van der Waals surface area (Å²) in [6.45, 7) is 4.60. The Bertz CT molecular complexity index is 1100. The number of aryl methyl sites for hydroxylation is 2. The van der Waals surface area contributed by atoms with Crippen LogP contribution in [0.5, 0.6) is 0 Å². The number of nitrogens with one attached hydrogen (secondary N) is 1. The number of hydrogen-bond donors (Lipinski definition) is 1. The van der Waals surface area contributed by atoms with Gasteiger partial charge < -0.3 is 9.88 Å². The van der Waals surface area contributed by atoms with Gasteiger partial charge in [-0.05, 0) is 43.7 Å². The van der Waals surface area contributed by atoms with Crippen molar-refractivity contribution in [3.63, 3.8) is 0 Å². The van der Waals surface area contributed by atoms with Gasteiger partial charge in [-0.3, -0.25) is 4.79 Å². The number of amides is 1. The lowest BCUT2D eigenvalue weighted by atomic mass is 10.1. The molecule has 2 aromatic carbocycles. The zero-order valence-corrected chi connectivity index (χ0v) is 15.4. The first-order valence-electron chi connectivity index (χ1n) is 8.34. The van der Waals surface area contributed by atoms with Crippen LogP contribution in [-0.2, 0) is 6.54 Å². The summed E-state index contributed by atoms with van der Waals surface area (Å²) in [6.07, 6.45) is 3.72. The van der Waals surface area contributed by atoms with Gasteiger partial charge >= 0.3 is 0 Å². The van der Waals surface area contributed by atoms with Crippen LogP contribution in [-0.4, -0.2) is 20.4 Å². The molecule has 4 aromatic rings. The van der Waals surface area contributed by atoms with Gasteiger partial charge in [0.15, 0.2) is 0 Å². The van der Waals surface area contributed by atoms with E-state index in [1.54, 1.807) is 17.5 Å². The second-order valence-electron chi connectivity index (χ2n) is 6.13. The minimum Gasteiger partial charge on any atom is -0.331 e. The van der Waals surface area contributed by atoms with Crippen LogP contribution in [0.3, 0.4) is 0 Å². The van der Waals surface area contributed by atoms with Gasteiger partial charge in [0.1, 0.15) is 5.82 Å². The highest BCUT2D eigenvalue weighted by atomic mass is 32.1. The molecule has 0 spiro atoms. The zero-order chi connectivity index (χ0) is 18.1. The van der Waals surface area contributed by atoms with E-state index in [1.807, 2.05) is 62.5 Å². The predicted molar refractivity (Wildman–Crippen MR) is 105 cm³/mol. The monoisotopic (exact) mass is 362 g/mol. The molecule has 0 atom stereocenters. The van der Waals surface area contributed by atoms with Crippen LogP contribution in [0.15, 0.2) is 54.9 Å². The molecule has 2 aromatic heterocycles. The van der Waals surface area contributed by atoms with Crippen LogP contribution in [0.2, 0.25) is 0 Å². The molecule has 1 N–H and O–H groups in total. The van der Waals surface area contributed by atoms with Gasteiger partial charge in [0.2, 0.25) is 0 Å². The normalized spacial score (nSPS) is 11.0. The molecule has 0 fully saturated rings. The molecule has 0 aliphatic carbocycles. The smallest absolute Gasteiger partial charge is 0.255 e. The average molecular weight is 362 g/mol. The Morgan fingerprint density at radius 3 is 2.85 bits per heavy atom. The zero-order valence-electron chi connectivity index (χ0n) is 14.6. The maximum Gasteiger partial charge on any atom is 0.255 e. The highest BCUT2D eigenvalue weighted by Crippen LogP contribution is 2.24. The standard InChI is InChI=1S/C20H18N4OS/c1-13-21-9-10-24(13)12-16-5-3-4-6-17(16)23-20(25)15-7-8-18-19(11-15)26-14(2)22-18/h3-11H,12H2,1-2H3,(H,23,25). The van der Waals surface area contributed by atoms with Gasteiger partial charge in [-0.1, -0.05) is 18.2 Å². The molecule has 26 heavy (non-hydrogen) atoms. The molecule has 0 saturated heterocycles. The second kappa shape index (κ2) is 6.72. The third-order valence-electron chi connectivity index (χ3n) is 4.29. The highest BCUT2D eigenvalue weighted by molar-refractivity contribution is 7.18. The number of nitrogens with zero attached hydrogens (tertiary/aromatic N) is 3. The number of para-hydroxylation sites is 1. The summed E-state index contributed by atoms with van der Waals surface area (Å²) in [5, 5.41) is 4.04. The largest absolute Gasteiger partial charge is 0.331 e. The molecule has 5 nitrogen and oxygen atoms in total. The predicted octanol–water partition coefficient (Wildman–Crippen LogP) is 4.41. The average Bonchev–Trinajstić information content (AvgIpc) is 3.20. The lowest BCUT2D eigenvalue weighted by molar-refractivity contribution is 0.102. The molecule has 2 heterocycles. The minimum absolute atomic E-state index is 0.118. The number of hydrogen-bond acceptors (Lipinski definition) is 4. The van der Waals surface area contributed by atoms with Crippen molar-refractivity contribution in [1.82, 2.24) is 14.5 Å². The first kappa shape index (κ1) is 16.5. The lowest BCUT2D eigenvalue weighted by Gasteiger charge is -2.12. The van der Waals surface area contributed by atoms with E-state index in [2.05, 4.69) is 19.9 Å². The van der Waals surface area contributed by atoms with Crippen LogP contribution in [0.1, 0.15) is 26.8 Å². The van der Waals surface area contributed by atoms with E-state index < -0.39 is 0 Å². The van der Waals surface area contributed by atoms with Crippen LogP contribution in [0, 0.1) is 13.8 Å². The van der Waals surface area contributed by atoms with Crippen molar-refractivity contribution >= 4 is 33.1 Å². The molecule has 0 aliphatic heterocycles. The number of anilines is 1. The van der Waals surface area contributed by atoms with Crippen molar-refractivity contribution in [2.45, 2.75) is 20.4 Å². The highest BCUT2D eigenvalue weighted by Gasteiger charge is 2.11. The summed E-state index contributed by atoms with van der Waals surface area (Å²) >= 11 is 1.60. The van der Waals surface area contributed by atoms with E-state index in [0.717, 1.165) is 32.3 Å². The van der Waals surface area contributed by atoms with Crippen molar-refractivity contribution in [2.24, 2.45) is 0 Å². The number of fused-ring (bicyclic) bond motifs is 1. The maximum absolute atomic E-state index is 12.7. The number of aromatic nitrogens is 3. The molecule has 1 amide bonds. The number of thiazole rings is 1. The Morgan fingerprint density at radius 1 is 1.19 bits per heavy atom. The number of benzene rings is 2. The summed E-state index contributed by atoms with van der Waals surface area (Å²) in [5.74, 6) is 0.824. The van der Waals surface area contributed by atoms with Gasteiger partial charge in [0.05, 0.1) is 21.8 Å². The summed E-state index contributed by atoms with van der Waals surface area (Å²) in [6, 6.07) is 13.5. The Labute approximate surface area is 155 Å². The fourth-order valence-electron chi connectivity index (χ4n) is 2.91. The summed E-state index contributed by atoms with van der Waals surface area (Å²) in [4.78, 5) is 21.4. The summed E-state index contributed by atoms with van der Waals surface area (Å²) in [5.41, 5.74) is 3.41. The van der Waals surface area contributed by atoms with Crippen molar-refractivity contribution in [3.05, 3.63) is 76.8 Å². The Hall–Kier alpha value is -2.99. The molecule has 0 bridgehead atoms. The van der Waals surface area contributed by atoms with E-state index in [9.17, 15) is 4.79 Å². The van der Waals surface area contributed by atoms with E-state index in [-0.39, 0.29) is 5.91 Å². The van der Waals surface area contributed by atoms with Crippen LogP contribution >= 0.6 is 11.3 Å². The lowest BCUT2D eigenvalue weighted by Crippen LogP contribution is -2.14. The number of rotatable bonds is 4. The fourth-order valence-corrected chi connectivity index (χ4v) is 3.78. The van der Waals surface area contributed by atoms with E-state index in [0.29, 0.717) is 12.1 Å². The molecular formula is C20H18N4OS. The van der Waals surface area contributed by atoms with Crippen LogP contribution in [0.25, 0.3) is 10.2 Å². The van der Waals surface area contributed by atoms with E-state index in [1.165, 1.54) is 0 Å². The molecule has 4 rings (SSSR count). The van der Waals surface area contributed by atoms with E-state index in [4.69, 9.17) is 0 Å². The third-order valence-corrected chi connectivity index (χ3v) is 5.22. The second-order valence-corrected chi connectivity index (χ2v) is 7.36.